The second-order valence-corrected chi connectivity index (χ2v) is 7.79. The Bertz CT molecular complexity index is 651. The number of nitrogens with two attached hydrogens (primary N) is 1. The number of aromatic nitrogens is 2. The zero-order chi connectivity index (χ0) is 14.3. The van der Waals surface area contributed by atoms with Crippen molar-refractivity contribution in [2.24, 2.45) is 0 Å². The van der Waals surface area contributed by atoms with Gasteiger partial charge in [0.25, 0.3) is 0 Å². The Morgan fingerprint density at radius 3 is 2.95 bits per heavy atom. The summed E-state index contributed by atoms with van der Waals surface area (Å²) in [5, 5.41) is 1.83. The van der Waals surface area contributed by atoms with Gasteiger partial charge in [0.1, 0.15) is 10.6 Å². The number of hydrogen-bond donors (Lipinski definition) is 1. The molecule has 0 fully saturated rings. The third-order valence-corrected chi connectivity index (χ3v) is 5.53. The minimum Gasteiger partial charge on any atom is -0.383 e. The predicted molar refractivity (Wildman–Crippen MR) is 85.4 cm³/mol. The molecular weight excluding hydrogens is 290 g/mol. The Kier molecular flexibility index (Phi) is 3.64. The number of ether oxygens (including phenoxy) is 1. The van der Waals surface area contributed by atoms with Crippen molar-refractivity contribution in [2.45, 2.75) is 51.0 Å². The molecule has 1 aliphatic rings. The first-order chi connectivity index (χ1) is 9.50. The molecule has 0 aliphatic carbocycles. The topological polar surface area (TPSA) is 61.0 Å². The third-order valence-electron chi connectivity index (χ3n) is 3.37. The number of thioether (sulfide) groups is 1. The predicted octanol–water partition coefficient (Wildman–Crippen LogP) is 3.63. The molecule has 0 bridgehead atoms. The van der Waals surface area contributed by atoms with Crippen LogP contribution in [0.5, 0.6) is 0 Å². The van der Waals surface area contributed by atoms with E-state index in [1.165, 1.54) is 10.4 Å². The van der Waals surface area contributed by atoms with Gasteiger partial charge in [0.15, 0.2) is 5.16 Å². The molecule has 2 N–H and O–H groups in total. The van der Waals surface area contributed by atoms with Crippen LogP contribution in [0.4, 0.5) is 5.82 Å². The lowest BCUT2D eigenvalue weighted by molar-refractivity contribution is -0.0379. The van der Waals surface area contributed by atoms with E-state index in [4.69, 9.17) is 10.5 Å². The van der Waals surface area contributed by atoms with Crippen molar-refractivity contribution in [3.05, 3.63) is 10.4 Å². The monoisotopic (exact) mass is 309 g/mol. The van der Waals surface area contributed by atoms with Gasteiger partial charge in [-0.15, -0.1) is 11.3 Å². The molecule has 0 aromatic carbocycles. The van der Waals surface area contributed by atoms with E-state index in [9.17, 15) is 0 Å². The second kappa shape index (κ2) is 5.16. The van der Waals surface area contributed by atoms with Gasteiger partial charge in [-0.2, -0.15) is 0 Å². The Balaban J connectivity index is 2.07. The minimum atomic E-state index is -0.136. The summed E-state index contributed by atoms with van der Waals surface area (Å²) in [4.78, 5) is 11.4. The van der Waals surface area contributed by atoms with Crippen LogP contribution < -0.4 is 5.73 Å². The average Bonchev–Trinajstić information content (AvgIpc) is 2.73. The fourth-order valence-electron chi connectivity index (χ4n) is 2.41. The van der Waals surface area contributed by atoms with E-state index in [1.54, 1.807) is 23.1 Å². The van der Waals surface area contributed by atoms with Crippen molar-refractivity contribution in [2.75, 3.05) is 11.5 Å². The summed E-state index contributed by atoms with van der Waals surface area (Å²) in [6.45, 7) is 7.03. The van der Waals surface area contributed by atoms with Gasteiger partial charge in [-0.1, -0.05) is 18.7 Å². The van der Waals surface area contributed by atoms with Crippen LogP contribution in [0.3, 0.4) is 0 Å². The van der Waals surface area contributed by atoms with Crippen LogP contribution >= 0.6 is 23.1 Å². The molecule has 0 unspecified atom stereocenters. The maximum atomic E-state index is 6.19. The molecule has 3 heterocycles. The van der Waals surface area contributed by atoms with Gasteiger partial charge in [0.2, 0.25) is 0 Å². The molecule has 1 aliphatic heterocycles. The quantitative estimate of drug-likeness (QED) is 0.693. The van der Waals surface area contributed by atoms with Crippen LogP contribution in [0, 0.1) is 0 Å². The molecule has 4 nitrogen and oxygen atoms in total. The number of thiophene rings is 1. The summed E-state index contributed by atoms with van der Waals surface area (Å²) in [5.74, 6) is 1.63. The molecular formula is C14H19N3OS2. The van der Waals surface area contributed by atoms with E-state index < -0.39 is 0 Å². The smallest absolute Gasteiger partial charge is 0.190 e. The van der Waals surface area contributed by atoms with E-state index in [0.717, 1.165) is 34.0 Å². The lowest BCUT2D eigenvalue weighted by Crippen LogP contribution is -2.31. The molecule has 3 rings (SSSR count). The zero-order valence-electron chi connectivity index (χ0n) is 12.0. The van der Waals surface area contributed by atoms with Crippen molar-refractivity contribution < 1.29 is 4.74 Å². The summed E-state index contributed by atoms with van der Waals surface area (Å²) in [7, 11) is 0. The number of hydrogen-bond acceptors (Lipinski definition) is 6. The number of rotatable bonds is 3. The summed E-state index contributed by atoms with van der Waals surface area (Å²) in [5.41, 5.74) is 7.33. The normalized spacial score (nSPS) is 17.4. The lowest BCUT2D eigenvalue weighted by atomic mass is 9.94. The highest BCUT2D eigenvalue weighted by Crippen LogP contribution is 2.40. The van der Waals surface area contributed by atoms with E-state index in [1.807, 2.05) is 0 Å². The SMILES string of the molecule is CCCSc1nc(N)c2c3c(sc2n1)COC(C)(C)C3. The van der Waals surface area contributed by atoms with Gasteiger partial charge >= 0.3 is 0 Å². The van der Waals surface area contributed by atoms with Crippen LogP contribution in [0.1, 0.15) is 37.6 Å². The molecule has 0 saturated heterocycles. The van der Waals surface area contributed by atoms with Gasteiger partial charge in [0, 0.05) is 17.1 Å². The van der Waals surface area contributed by atoms with Crippen LogP contribution in [0.2, 0.25) is 0 Å². The maximum Gasteiger partial charge on any atom is 0.190 e. The summed E-state index contributed by atoms with van der Waals surface area (Å²) < 4.78 is 5.87. The summed E-state index contributed by atoms with van der Waals surface area (Å²) in [6.07, 6.45) is 1.98. The highest BCUT2D eigenvalue weighted by Gasteiger charge is 2.30. The third kappa shape index (κ3) is 2.52. The van der Waals surface area contributed by atoms with E-state index in [2.05, 4.69) is 30.7 Å². The first kappa shape index (κ1) is 14.1. The Morgan fingerprint density at radius 1 is 1.40 bits per heavy atom. The van der Waals surface area contributed by atoms with Gasteiger partial charge in [0.05, 0.1) is 17.6 Å². The number of nitrogens with zero attached hydrogens (tertiary/aromatic N) is 2. The standard InChI is InChI=1S/C14H19N3OS2/c1-4-5-19-13-16-11(15)10-8-6-14(2,3)18-7-9(8)20-12(10)17-13/h4-7H2,1-3H3,(H2,15,16,17). The first-order valence-electron chi connectivity index (χ1n) is 6.84. The summed E-state index contributed by atoms with van der Waals surface area (Å²) in [6, 6.07) is 0. The molecule has 108 valence electrons. The Labute approximate surface area is 127 Å². The molecule has 2 aromatic rings. The van der Waals surface area contributed by atoms with Crippen molar-refractivity contribution in [1.29, 1.82) is 0 Å². The summed E-state index contributed by atoms with van der Waals surface area (Å²) >= 11 is 3.36. The molecule has 0 spiro atoms. The number of anilines is 1. The van der Waals surface area contributed by atoms with E-state index in [-0.39, 0.29) is 5.60 Å². The maximum absolute atomic E-state index is 6.19. The highest BCUT2D eigenvalue weighted by atomic mass is 32.2. The Hall–Kier alpha value is -0.850. The van der Waals surface area contributed by atoms with Gasteiger partial charge in [-0.05, 0) is 25.8 Å². The molecule has 0 amide bonds. The zero-order valence-corrected chi connectivity index (χ0v) is 13.7. The second-order valence-electron chi connectivity index (χ2n) is 5.65. The van der Waals surface area contributed by atoms with Crippen molar-refractivity contribution in [3.8, 4) is 0 Å². The average molecular weight is 309 g/mol. The van der Waals surface area contributed by atoms with Crippen molar-refractivity contribution >= 4 is 39.1 Å². The molecule has 6 heteroatoms. The van der Waals surface area contributed by atoms with Crippen molar-refractivity contribution in [1.82, 2.24) is 9.97 Å². The van der Waals surface area contributed by atoms with Crippen LogP contribution in [0.15, 0.2) is 5.16 Å². The molecule has 0 atom stereocenters. The Morgan fingerprint density at radius 2 is 2.20 bits per heavy atom. The lowest BCUT2D eigenvalue weighted by Gasteiger charge is -2.30. The number of nitrogen functional groups attached to an aromatic ring is 1. The van der Waals surface area contributed by atoms with Gasteiger partial charge in [-0.3, -0.25) is 0 Å². The number of fused-ring (bicyclic) bond motifs is 3. The first-order valence-corrected chi connectivity index (χ1v) is 8.65. The van der Waals surface area contributed by atoms with Gasteiger partial charge in [-0.25, -0.2) is 9.97 Å². The van der Waals surface area contributed by atoms with Crippen molar-refractivity contribution in [3.63, 3.8) is 0 Å². The minimum absolute atomic E-state index is 0.136. The molecule has 0 radical (unpaired) electrons. The highest BCUT2D eigenvalue weighted by molar-refractivity contribution is 7.99. The molecule has 20 heavy (non-hydrogen) atoms. The fourth-order valence-corrected chi connectivity index (χ4v) is 4.28. The van der Waals surface area contributed by atoms with Gasteiger partial charge < -0.3 is 10.5 Å². The fraction of sp³-hybridized carbons (Fsp3) is 0.571. The van der Waals surface area contributed by atoms with Crippen LogP contribution in [-0.2, 0) is 17.8 Å². The van der Waals surface area contributed by atoms with Crippen LogP contribution in [-0.4, -0.2) is 21.3 Å². The van der Waals surface area contributed by atoms with Crippen LogP contribution in [0.25, 0.3) is 10.2 Å². The largest absolute Gasteiger partial charge is 0.383 e. The van der Waals surface area contributed by atoms with E-state index in [0.29, 0.717) is 12.4 Å². The molecule has 0 saturated carbocycles. The van der Waals surface area contributed by atoms with E-state index >= 15 is 0 Å². The molecule has 2 aromatic heterocycles.